The zero-order valence-electron chi connectivity index (χ0n) is 10.6. The number of amides is 1. The van der Waals surface area contributed by atoms with Crippen LogP contribution in [0.1, 0.15) is 10.4 Å². The van der Waals surface area contributed by atoms with Gasteiger partial charge in [0.1, 0.15) is 0 Å². The maximum absolute atomic E-state index is 11.6. The number of carbonyl (C=O) groups is 1. The molecule has 7 nitrogen and oxygen atoms in total. The number of rotatable bonds is 3. The monoisotopic (exact) mass is 268 g/mol. The molecule has 0 saturated heterocycles. The van der Waals surface area contributed by atoms with Crippen LogP contribution < -0.4 is 10.5 Å². The summed E-state index contributed by atoms with van der Waals surface area (Å²) in [4.78, 5) is 19.7. The maximum Gasteiger partial charge on any atom is 0.249 e. The zero-order chi connectivity index (χ0) is 14.1. The SMILES string of the molecule is COc1cc(-c2c(C(N)=O)ccn3n[c]nc23)ccn1. The highest BCUT2D eigenvalue weighted by atomic mass is 16.5. The van der Waals surface area contributed by atoms with Gasteiger partial charge >= 0.3 is 0 Å². The standard InChI is InChI=1S/C13H10N5O2/c1-20-10-6-8(2-4-15-10)11-9(12(14)19)3-5-18-13(11)16-7-17-18/h2-6H,1H3,(H2,14,19). The zero-order valence-corrected chi connectivity index (χ0v) is 10.6. The molecule has 1 amide bonds. The van der Waals surface area contributed by atoms with Gasteiger partial charge < -0.3 is 10.5 Å². The van der Waals surface area contributed by atoms with Crippen LogP contribution in [0.5, 0.6) is 5.88 Å². The summed E-state index contributed by atoms with van der Waals surface area (Å²) in [5.41, 5.74) is 7.58. The molecule has 0 bridgehead atoms. The Hall–Kier alpha value is -2.96. The van der Waals surface area contributed by atoms with Gasteiger partial charge in [0.25, 0.3) is 0 Å². The summed E-state index contributed by atoms with van der Waals surface area (Å²) in [6.07, 6.45) is 5.70. The molecule has 0 aliphatic heterocycles. The fraction of sp³-hybridized carbons (Fsp3) is 0.0769. The summed E-state index contributed by atoms with van der Waals surface area (Å²) in [5.74, 6) is -0.107. The number of hydrogen-bond acceptors (Lipinski definition) is 5. The number of primary amides is 1. The van der Waals surface area contributed by atoms with Crippen molar-refractivity contribution in [1.29, 1.82) is 0 Å². The highest BCUT2D eigenvalue weighted by Crippen LogP contribution is 2.28. The Morgan fingerprint density at radius 2 is 2.30 bits per heavy atom. The van der Waals surface area contributed by atoms with Crippen LogP contribution in [0.15, 0.2) is 30.6 Å². The molecule has 0 aromatic carbocycles. The van der Waals surface area contributed by atoms with Gasteiger partial charge in [-0.2, -0.15) is 0 Å². The first-order valence-electron chi connectivity index (χ1n) is 5.76. The third-order valence-corrected chi connectivity index (χ3v) is 2.90. The molecule has 2 N–H and O–H groups in total. The minimum absolute atomic E-state index is 0.354. The van der Waals surface area contributed by atoms with E-state index in [0.29, 0.717) is 22.7 Å². The number of aromatic nitrogens is 4. The lowest BCUT2D eigenvalue weighted by molar-refractivity contribution is 0.100. The van der Waals surface area contributed by atoms with E-state index in [1.54, 1.807) is 30.6 Å². The van der Waals surface area contributed by atoms with Gasteiger partial charge in [-0.05, 0) is 17.7 Å². The molecule has 3 aromatic rings. The van der Waals surface area contributed by atoms with Crippen LogP contribution in [0.25, 0.3) is 16.8 Å². The number of fused-ring (bicyclic) bond motifs is 1. The molecule has 3 rings (SSSR count). The summed E-state index contributed by atoms with van der Waals surface area (Å²) >= 11 is 0. The Kier molecular flexibility index (Phi) is 2.79. The van der Waals surface area contributed by atoms with Crippen molar-refractivity contribution < 1.29 is 9.53 Å². The van der Waals surface area contributed by atoms with Crippen molar-refractivity contribution in [3.05, 3.63) is 42.5 Å². The number of nitrogens with zero attached hydrogens (tertiary/aromatic N) is 4. The lowest BCUT2D eigenvalue weighted by Crippen LogP contribution is -2.13. The molecule has 3 heterocycles. The van der Waals surface area contributed by atoms with E-state index in [9.17, 15) is 4.79 Å². The van der Waals surface area contributed by atoms with Gasteiger partial charge in [-0.15, -0.1) is 5.10 Å². The Balaban J connectivity index is 2.34. The molecule has 0 aliphatic rings. The quantitative estimate of drug-likeness (QED) is 0.754. The van der Waals surface area contributed by atoms with Gasteiger partial charge in [-0.25, -0.2) is 14.5 Å². The molecular formula is C13H10N5O2. The van der Waals surface area contributed by atoms with E-state index >= 15 is 0 Å². The molecule has 0 fully saturated rings. The highest BCUT2D eigenvalue weighted by Gasteiger charge is 2.16. The summed E-state index contributed by atoms with van der Waals surface area (Å²) in [6.45, 7) is 0. The predicted octanol–water partition coefficient (Wildman–Crippen LogP) is 0.699. The highest BCUT2D eigenvalue weighted by molar-refractivity contribution is 6.03. The fourth-order valence-corrected chi connectivity index (χ4v) is 2.01. The molecule has 0 unspecified atom stereocenters. The largest absolute Gasteiger partial charge is 0.481 e. The van der Waals surface area contributed by atoms with Gasteiger partial charge in [0.2, 0.25) is 18.1 Å². The van der Waals surface area contributed by atoms with Crippen molar-refractivity contribution in [3.8, 4) is 17.0 Å². The van der Waals surface area contributed by atoms with E-state index in [2.05, 4.69) is 21.4 Å². The van der Waals surface area contributed by atoms with E-state index in [0.717, 1.165) is 5.56 Å². The number of methoxy groups -OCH3 is 1. The predicted molar refractivity (Wildman–Crippen MR) is 70.1 cm³/mol. The van der Waals surface area contributed by atoms with Crippen LogP contribution in [0.2, 0.25) is 0 Å². The van der Waals surface area contributed by atoms with Crippen molar-refractivity contribution in [2.75, 3.05) is 7.11 Å². The van der Waals surface area contributed by atoms with Crippen LogP contribution >= 0.6 is 0 Å². The lowest BCUT2D eigenvalue weighted by Gasteiger charge is -2.09. The average molecular weight is 268 g/mol. The minimum Gasteiger partial charge on any atom is -0.481 e. The van der Waals surface area contributed by atoms with Gasteiger partial charge in [0.05, 0.1) is 12.7 Å². The molecule has 3 aromatic heterocycles. The Morgan fingerprint density at radius 3 is 3.05 bits per heavy atom. The van der Waals surface area contributed by atoms with Gasteiger partial charge in [-0.3, -0.25) is 4.79 Å². The van der Waals surface area contributed by atoms with E-state index in [1.165, 1.54) is 11.6 Å². The van der Waals surface area contributed by atoms with Gasteiger partial charge in [0, 0.05) is 24.0 Å². The summed E-state index contributed by atoms with van der Waals surface area (Å²) in [5, 5.41) is 3.93. The van der Waals surface area contributed by atoms with Gasteiger partial charge in [-0.1, -0.05) is 0 Å². The van der Waals surface area contributed by atoms with Crippen molar-refractivity contribution >= 4 is 11.6 Å². The topological polar surface area (TPSA) is 95.4 Å². The third kappa shape index (κ3) is 1.85. The number of nitrogens with two attached hydrogens (primary N) is 1. The first kappa shape index (κ1) is 12.1. The van der Waals surface area contributed by atoms with E-state index in [1.807, 2.05) is 0 Å². The van der Waals surface area contributed by atoms with Crippen LogP contribution in [-0.2, 0) is 0 Å². The molecule has 0 spiro atoms. The molecule has 99 valence electrons. The average Bonchev–Trinajstić information content (AvgIpc) is 2.94. The maximum atomic E-state index is 11.6. The summed E-state index contributed by atoms with van der Waals surface area (Å²) < 4.78 is 6.61. The fourth-order valence-electron chi connectivity index (χ4n) is 2.01. The second-order valence-corrected chi connectivity index (χ2v) is 4.04. The Morgan fingerprint density at radius 1 is 1.45 bits per heavy atom. The van der Waals surface area contributed by atoms with E-state index < -0.39 is 5.91 Å². The first-order chi connectivity index (χ1) is 9.70. The third-order valence-electron chi connectivity index (χ3n) is 2.90. The summed E-state index contributed by atoms with van der Waals surface area (Å²) in [7, 11) is 1.52. The van der Waals surface area contributed by atoms with E-state index in [4.69, 9.17) is 10.5 Å². The van der Waals surface area contributed by atoms with Crippen molar-refractivity contribution in [2.45, 2.75) is 0 Å². The molecule has 0 atom stereocenters. The molecule has 0 saturated carbocycles. The smallest absolute Gasteiger partial charge is 0.249 e. The second-order valence-electron chi connectivity index (χ2n) is 4.04. The summed E-state index contributed by atoms with van der Waals surface area (Å²) in [6, 6.07) is 5.05. The molecule has 20 heavy (non-hydrogen) atoms. The minimum atomic E-state index is -0.540. The van der Waals surface area contributed by atoms with Crippen LogP contribution in [0.4, 0.5) is 0 Å². The number of carbonyl (C=O) groups excluding carboxylic acids is 1. The number of hydrogen-bond donors (Lipinski definition) is 1. The van der Waals surface area contributed by atoms with E-state index in [-0.39, 0.29) is 0 Å². The lowest BCUT2D eigenvalue weighted by atomic mass is 10.0. The second kappa shape index (κ2) is 4.61. The van der Waals surface area contributed by atoms with Crippen LogP contribution in [0, 0.1) is 6.33 Å². The molecule has 1 radical (unpaired) electrons. The van der Waals surface area contributed by atoms with Crippen LogP contribution in [-0.4, -0.2) is 32.6 Å². The first-order valence-corrected chi connectivity index (χ1v) is 5.76. The van der Waals surface area contributed by atoms with Crippen molar-refractivity contribution in [2.24, 2.45) is 5.73 Å². The van der Waals surface area contributed by atoms with Crippen LogP contribution in [0.3, 0.4) is 0 Å². The molecule has 7 heteroatoms. The molecular weight excluding hydrogens is 258 g/mol. The van der Waals surface area contributed by atoms with Crippen molar-refractivity contribution in [3.63, 3.8) is 0 Å². The van der Waals surface area contributed by atoms with Gasteiger partial charge in [0.15, 0.2) is 5.65 Å². The number of pyridine rings is 2. The number of ether oxygens (including phenoxy) is 1. The Labute approximate surface area is 114 Å². The Bertz CT molecular complexity index is 796. The van der Waals surface area contributed by atoms with Crippen molar-refractivity contribution in [1.82, 2.24) is 19.6 Å². The normalized spacial score (nSPS) is 10.7. The molecule has 0 aliphatic carbocycles.